The summed E-state index contributed by atoms with van der Waals surface area (Å²) in [5, 5.41) is 3.46. The van der Waals surface area contributed by atoms with Crippen molar-refractivity contribution in [3.05, 3.63) is 22.2 Å². The SMILES string of the molecule is CCC(C)CNCc1cc2c(cc1Br)OCO2. The summed E-state index contributed by atoms with van der Waals surface area (Å²) in [5.74, 6) is 2.37. The first-order valence-corrected chi connectivity index (χ1v) is 6.78. The highest BCUT2D eigenvalue weighted by Crippen LogP contribution is 2.36. The highest BCUT2D eigenvalue weighted by Gasteiger charge is 2.16. The van der Waals surface area contributed by atoms with Crippen LogP contribution in [0.3, 0.4) is 0 Å². The fourth-order valence-electron chi connectivity index (χ4n) is 1.69. The van der Waals surface area contributed by atoms with Gasteiger partial charge >= 0.3 is 0 Å². The molecule has 0 amide bonds. The van der Waals surface area contributed by atoms with Crippen molar-refractivity contribution in [3.8, 4) is 11.5 Å². The summed E-state index contributed by atoms with van der Waals surface area (Å²) in [6, 6.07) is 4.01. The van der Waals surface area contributed by atoms with Crippen molar-refractivity contribution in [1.82, 2.24) is 5.32 Å². The number of nitrogens with one attached hydrogen (secondary N) is 1. The molecular weight excluding hydrogens is 282 g/mol. The molecule has 1 aromatic rings. The molecule has 0 saturated carbocycles. The van der Waals surface area contributed by atoms with Gasteiger partial charge in [-0.2, -0.15) is 0 Å². The minimum Gasteiger partial charge on any atom is -0.454 e. The van der Waals surface area contributed by atoms with E-state index < -0.39 is 0 Å². The summed E-state index contributed by atoms with van der Waals surface area (Å²) >= 11 is 3.56. The van der Waals surface area contributed by atoms with E-state index >= 15 is 0 Å². The van der Waals surface area contributed by atoms with Crippen molar-refractivity contribution >= 4 is 15.9 Å². The molecule has 0 bridgehead atoms. The molecule has 0 saturated heterocycles. The zero-order chi connectivity index (χ0) is 12.3. The Kier molecular flexibility index (Phi) is 4.29. The number of hydrogen-bond acceptors (Lipinski definition) is 3. The predicted octanol–water partition coefficient (Wildman–Crippen LogP) is 3.31. The van der Waals surface area contributed by atoms with Crippen LogP contribution in [0.2, 0.25) is 0 Å². The van der Waals surface area contributed by atoms with E-state index in [9.17, 15) is 0 Å². The van der Waals surface area contributed by atoms with Gasteiger partial charge in [0.2, 0.25) is 6.79 Å². The Morgan fingerprint density at radius 2 is 2.06 bits per heavy atom. The number of hydrogen-bond donors (Lipinski definition) is 1. The Morgan fingerprint density at radius 1 is 1.35 bits per heavy atom. The summed E-state index contributed by atoms with van der Waals surface area (Å²) in [4.78, 5) is 0. The Labute approximate surface area is 111 Å². The Hall–Kier alpha value is -0.740. The van der Waals surface area contributed by atoms with Crippen molar-refractivity contribution in [2.24, 2.45) is 5.92 Å². The number of benzene rings is 1. The maximum Gasteiger partial charge on any atom is 0.231 e. The second-order valence-electron chi connectivity index (χ2n) is 4.44. The molecule has 0 radical (unpaired) electrons. The van der Waals surface area contributed by atoms with E-state index in [1.54, 1.807) is 0 Å². The third-order valence-corrected chi connectivity index (χ3v) is 3.78. The van der Waals surface area contributed by atoms with Gasteiger partial charge in [0.05, 0.1) is 0 Å². The van der Waals surface area contributed by atoms with Crippen LogP contribution >= 0.6 is 15.9 Å². The van der Waals surface area contributed by atoms with E-state index in [4.69, 9.17) is 9.47 Å². The second-order valence-corrected chi connectivity index (χ2v) is 5.30. The van der Waals surface area contributed by atoms with E-state index in [1.165, 1.54) is 12.0 Å². The molecule has 3 nitrogen and oxygen atoms in total. The zero-order valence-corrected chi connectivity index (χ0v) is 11.8. The molecule has 0 aliphatic carbocycles. The van der Waals surface area contributed by atoms with Gasteiger partial charge in [-0.3, -0.25) is 0 Å². The van der Waals surface area contributed by atoms with Crippen molar-refractivity contribution in [3.63, 3.8) is 0 Å². The fourth-order valence-corrected chi connectivity index (χ4v) is 2.15. The molecule has 1 atom stereocenters. The monoisotopic (exact) mass is 299 g/mol. The molecule has 1 N–H and O–H groups in total. The number of halogens is 1. The first-order chi connectivity index (χ1) is 8.20. The molecule has 1 aliphatic heterocycles. The molecule has 1 aliphatic rings. The molecule has 0 aromatic heterocycles. The fraction of sp³-hybridized carbons (Fsp3) is 0.538. The molecule has 0 spiro atoms. The van der Waals surface area contributed by atoms with Crippen LogP contribution in [0.15, 0.2) is 16.6 Å². The summed E-state index contributed by atoms with van der Waals surface area (Å²) in [6.07, 6.45) is 1.20. The smallest absolute Gasteiger partial charge is 0.231 e. The Bertz CT molecular complexity index is 395. The lowest BCUT2D eigenvalue weighted by molar-refractivity contribution is 0.174. The van der Waals surface area contributed by atoms with Crippen LogP contribution < -0.4 is 14.8 Å². The summed E-state index contributed by atoms with van der Waals surface area (Å²) in [6.45, 7) is 6.68. The first-order valence-electron chi connectivity index (χ1n) is 5.99. The molecule has 2 rings (SSSR count). The topological polar surface area (TPSA) is 30.5 Å². The average Bonchev–Trinajstić information content (AvgIpc) is 2.76. The van der Waals surface area contributed by atoms with Crippen LogP contribution in [0.25, 0.3) is 0 Å². The van der Waals surface area contributed by atoms with Crippen LogP contribution in [0, 0.1) is 5.92 Å². The number of ether oxygens (including phenoxy) is 2. The van der Waals surface area contributed by atoms with Gasteiger partial charge in [-0.1, -0.05) is 36.2 Å². The van der Waals surface area contributed by atoms with E-state index in [0.717, 1.165) is 29.1 Å². The summed E-state index contributed by atoms with van der Waals surface area (Å²) in [7, 11) is 0. The second kappa shape index (κ2) is 5.74. The number of fused-ring (bicyclic) bond motifs is 1. The molecular formula is C13H18BrNO2. The quantitative estimate of drug-likeness (QED) is 0.905. The highest BCUT2D eigenvalue weighted by atomic mass is 79.9. The molecule has 1 unspecified atom stereocenters. The molecule has 17 heavy (non-hydrogen) atoms. The Morgan fingerprint density at radius 3 is 2.76 bits per heavy atom. The van der Waals surface area contributed by atoms with Crippen molar-refractivity contribution < 1.29 is 9.47 Å². The molecule has 1 heterocycles. The number of rotatable bonds is 5. The van der Waals surface area contributed by atoms with Gasteiger partial charge in [-0.25, -0.2) is 0 Å². The van der Waals surface area contributed by atoms with Gasteiger partial charge in [-0.15, -0.1) is 0 Å². The normalized spacial score (nSPS) is 15.0. The van der Waals surface area contributed by atoms with Gasteiger partial charge in [0.15, 0.2) is 11.5 Å². The summed E-state index contributed by atoms with van der Waals surface area (Å²) < 4.78 is 11.8. The zero-order valence-electron chi connectivity index (χ0n) is 10.3. The van der Waals surface area contributed by atoms with Gasteiger partial charge in [0.25, 0.3) is 0 Å². The molecule has 0 fully saturated rings. The minimum atomic E-state index is 0.325. The van der Waals surface area contributed by atoms with Gasteiger partial charge in [0.1, 0.15) is 0 Å². The average molecular weight is 300 g/mol. The molecule has 4 heteroatoms. The summed E-state index contributed by atoms with van der Waals surface area (Å²) in [5.41, 5.74) is 1.21. The maximum absolute atomic E-state index is 5.37. The van der Waals surface area contributed by atoms with Crippen LogP contribution in [0.5, 0.6) is 11.5 Å². The van der Waals surface area contributed by atoms with Crippen LogP contribution in [-0.2, 0) is 6.54 Å². The lowest BCUT2D eigenvalue weighted by atomic mass is 10.1. The molecule has 1 aromatic carbocycles. The van der Waals surface area contributed by atoms with Crippen molar-refractivity contribution in [2.45, 2.75) is 26.8 Å². The molecule has 94 valence electrons. The van der Waals surface area contributed by atoms with Crippen LogP contribution in [-0.4, -0.2) is 13.3 Å². The standard InChI is InChI=1S/C13H18BrNO2/c1-3-9(2)6-15-7-10-4-12-13(5-11(10)14)17-8-16-12/h4-5,9,15H,3,6-8H2,1-2H3. The van der Waals surface area contributed by atoms with E-state index in [0.29, 0.717) is 12.7 Å². The third-order valence-electron chi connectivity index (χ3n) is 3.05. The van der Waals surface area contributed by atoms with Crippen LogP contribution in [0.4, 0.5) is 0 Å². The van der Waals surface area contributed by atoms with E-state index in [1.807, 2.05) is 12.1 Å². The largest absolute Gasteiger partial charge is 0.454 e. The van der Waals surface area contributed by atoms with Gasteiger partial charge in [0, 0.05) is 11.0 Å². The highest BCUT2D eigenvalue weighted by molar-refractivity contribution is 9.10. The maximum atomic E-state index is 5.37. The van der Waals surface area contributed by atoms with E-state index in [-0.39, 0.29) is 0 Å². The minimum absolute atomic E-state index is 0.325. The van der Waals surface area contributed by atoms with Crippen molar-refractivity contribution in [2.75, 3.05) is 13.3 Å². The van der Waals surface area contributed by atoms with Gasteiger partial charge in [-0.05, 0) is 30.2 Å². The predicted molar refractivity (Wildman–Crippen MR) is 71.4 cm³/mol. The Balaban J connectivity index is 1.97. The van der Waals surface area contributed by atoms with Gasteiger partial charge < -0.3 is 14.8 Å². The lowest BCUT2D eigenvalue weighted by Gasteiger charge is -2.11. The van der Waals surface area contributed by atoms with Crippen molar-refractivity contribution in [1.29, 1.82) is 0 Å². The lowest BCUT2D eigenvalue weighted by Crippen LogP contribution is -2.20. The van der Waals surface area contributed by atoms with Crippen LogP contribution in [0.1, 0.15) is 25.8 Å². The first kappa shape index (κ1) is 12.7. The third kappa shape index (κ3) is 3.13. The van der Waals surface area contributed by atoms with E-state index in [2.05, 4.69) is 35.1 Å².